The van der Waals surface area contributed by atoms with Crippen molar-refractivity contribution in [1.29, 1.82) is 0 Å². The summed E-state index contributed by atoms with van der Waals surface area (Å²) in [7, 11) is 2.10. The van der Waals surface area contributed by atoms with Crippen LogP contribution >= 0.6 is 0 Å². The van der Waals surface area contributed by atoms with Crippen molar-refractivity contribution in [3.8, 4) is 0 Å². The molecule has 0 saturated carbocycles. The first-order valence-corrected chi connectivity index (χ1v) is 13.8. The van der Waals surface area contributed by atoms with Crippen LogP contribution in [0.4, 0.5) is 0 Å². The Morgan fingerprint density at radius 1 is 1.00 bits per heavy atom. The summed E-state index contributed by atoms with van der Waals surface area (Å²) in [5.41, 5.74) is 17.4. The largest absolute Gasteiger partial charge is 0.370 e. The number of nitrogens with zero attached hydrogens (tertiary/aromatic N) is 2. The molecule has 0 aromatic rings. The highest BCUT2D eigenvalue weighted by Gasteiger charge is 2.21. The molecule has 1 amide bonds. The Balaban J connectivity index is 2.28. The number of aliphatic imine (C=N–C) groups is 1. The maximum atomic E-state index is 12.3. The molecule has 1 atom stereocenters. The van der Waals surface area contributed by atoms with Crippen LogP contribution < -0.4 is 21.7 Å². The molecule has 1 heterocycles. The fraction of sp³-hybridized carbons (Fsp3) is 0.600. The van der Waals surface area contributed by atoms with Gasteiger partial charge in [0.2, 0.25) is 5.91 Å². The lowest BCUT2D eigenvalue weighted by atomic mass is 10.0. The fourth-order valence-corrected chi connectivity index (χ4v) is 4.27. The number of carbonyl (C=O) groups is 1. The molecular formula is C30H53N6O+. The summed E-state index contributed by atoms with van der Waals surface area (Å²) in [5, 5.41) is 3.04. The highest BCUT2D eigenvalue weighted by Crippen LogP contribution is 2.13. The number of rotatable bonds is 17. The molecule has 0 radical (unpaired) electrons. The average Bonchev–Trinajstić information content (AvgIpc) is 3.15. The first kappa shape index (κ1) is 32.2. The van der Waals surface area contributed by atoms with E-state index in [0.29, 0.717) is 13.1 Å². The molecule has 1 aliphatic rings. The van der Waals surface area contributed by atoms with E-state index in [2.05, 4.69) is 74.4 Å². The van der Waals surface area contributed by atoms with Gasteiger partial charge in [0.25, 0.3) is 0 Å². The number of guanidine groups is 1. The second-order valence-electron chi connectivity index (χ2n) is 10.6. The summed E-state index contributed by atoms with van der Waals surface area (Å²) in [6, 6.07) is 0. The van der Waals surface area contributed by atoms with E-state index < -0.39 is 0 Å². The van der Waals surface area contributed by atoms with Crippen LogP contribution in [-0.4, -0.2) is 50.1 Å². The normalized spacial score (nSPS) is 16.5. The van der Waals surface area contributed by atoms with Gasteiger partial charge in [0.15, 0.2) is 12.6 Å². The van der Waals surface area contributed by atoms with Crippen LogP contribution in [-0.2, 0) is 4.79 Å². The molecule has 0 spiro atoms. The van der Waals surface area contributed by atoms with E-state index in [4.69, 9.17) is 11.5 Å². The zero-order valence-corrected chi connectivity index (χ0v) is 24.3. The molecule has 0 aliphatic carbocycles. The third kappa shape index (κ3) is 16.5. The van der Waals surface area contributed by atoms with Crippen molar-refractivity contribution >= 4 is 11.9 Å². The third-order valence-corrected chi connectivity index (χ3v) is 6.46. The average molecular weight is 514 g/mol. The molecule has 1 unspecified atom stereocenters. The summed E-state index contributed by atoms with van der Waals surface area (Å²) in [6.07, 6.45) is 19.1. The van der Waals surface area contributed by atoms with Gasteiger partial charge in [-0.05, 0) is 73.1 Å². The van der Waals surface area contributed by atoms with E-state index in [1.807, 2.05) is 6.92 Å². The predicted molar refractivity (Wildman–Crippen MR) is 158 cm³/mol. The Hall–Kier alpha value is -2.80. The van der Waals surface area contributed by atoms with Crippen LogP contribution in [0.15, 0.2) is 63.5 Å². The highest BCUT2D eigenvalue weighted by molar-refractivity contribution is 5.88. The first-order chi connectivity index (χ1) is 17.6. The molecule has 37 heavy (non-hydrogen) atoms. The fourth-order valence-electron chi connectivity index (χ4n) is 4.27. The lowest BCUT2D eigenvalue weighted by Gasteiger charge is -2.14. The predicted octanol–water partition coefficient (Wildman–Crippen LogP) is 3.93. The molecule has 208 valence electrons. The lowest BCUT2D eigenvalue weighted by molar-refractivity contribution is -0.848. The van der Waals surface area contributed by atoms with Gasteiger partial charge >= 0.3 is 0 Å². The topological polar surface area (TPSA) is 101 Å². The molecule has 0 fully saturated rings. The summed E-state index contributed by atoms with van der Waals surface area (Å²) < 4.78 is 0. The van der Waals surface area contributed by atoms with Crippen LogP contribution in [0.25, 0.3) is 0 Å². The number of hydrogen-bond acceptors (Lipinski definition) is 3. The Morgan fingerprint density at radius 3 is 2.19 bits per heavy atom. The van der Waals surface area contributed by atoms with Gasteiger partial charge in [-0.2, -0.15) is 0 Å². The van der Waals surface area contributed by atoms with Crippen molar-refractivity contribution < 1.29 is 9.69 Å². The zero-order valence-electron chi connectivity index (χ0n) is 24.3. The summed E-state index contributed by atoms with van der Waals surface area (Å²) >= 11 is 0. The first-order valence-electron chi connectivity index (χ1n) is 13.8. The highest BCUT2D eigenvalue weighted by atomic mass is 16.1. The summed E-state index contributed by atoms with van der Waals surface area (Å²) in [5.74, 6) is 0.144. The van der Waals surface area contributed by atoms with Crippen LogP contribution in [0.1, 0.15) is 86.0 Å². The summed E-state index contributed by atoms with van der Waals surface area (Å²) in [6.45, 7) is 14.0. The van der Waals surface area contributed by atoms with Crippen molar-refractivity contribution in [2.45, 2.75) is 86.0 Å². The van der Waals surface area contributed by atoms with Gasteiger partial charge in [0, 0.05) is 39.1 Å². The number of amides is 1. The van der Waals surface area contributed by atoms with E-state index in [9.17, 15) is 4.79 Å². The Morgan fingerprint density at radius 2 is 1.59 bits per heavy atom. The van der Waals surface area contributed by atoms with Crippen LogP contribution in [0.2, 0.25) is 0 Å². The number of nitrogens with two attached hydrogens (primary N) is 2. The molecule has 0 bridgehead atoms. The quantitative estimate of drug-likeness (QED) is 0.0778. The van der Waals surface area contributed by atoms with Crippen molar-refractivity contribution in [3.05, 3.63) is 58.5 Å². The van der Waals surface area contributed by atoms with Gasteiger partial charge in [0.1, 0.15) is 6.20 Å². The number of hydrogen-bond donors (Lipinski definition) is 4. The second kappa shape index (κ2) is 18.4. The molecule has 0 aromatic carbocycles. The summed E-state index contributed by atoms with van der Waals surface area (Å²) in [4.78, 5) is 20.0. The molecule has 1 aliphatic heterocycles. The third-order valence-electron chi connectivity index (χ3n) is 6.46. The van der Waals surface area contributed by atoms with Gasteiger partial charge in [-0.3, -0.25) is 14.7 Å². The lowest BCUT2D eigenvalue weighted by Crippen LogP contribution is -3.07. The molecule has 6 N–H and O–H groups in total. The van der Waals surface area contributed by atoms with Gasteiger partial charge in [-0.25, -0.2) is 0 Å². The van der Waals surface area contributed by atoms with Crippen molar-refractivity contribution in [1.82, 2.24) is 10.2 Å². The van der Waals surface area contributed by atoms with Gasteiger partial charge in [-0.15, -0.1) is 0 Å². The van der Waals surface area contributed by atoms with E-state index in [-0.39, 0.29) is 11.9 Å². The van der Waals surface area contributed by atoms with Crippen LogP contribution in [0, 0.1) is 0 Å². The monoisotopic (exact) mass is 513 g/mol. The second-order valence-corrected chi connectivity index (χ2v) is 10.6. The maximum Gasteiger partial charge on any atom is 0.243 e. The molecule has 1 rings (SSSR count). The van der Waals surface area contributed by atoms with Crippen molar-refractivity contribution in [3.63, 3.8) is 0 Å². The van der Waals surface area contributed by atoms with E-state index in [0.717, 1.165) is 70.2 Å². The van der Waals surface area contributed by atoms with Crippen LogP contribution in [0.5, 0.6) is 0 Å². The minimum atomic E-state index is -0.00499. The number of allylic oxidation sites excluding steroid dienone is 7. The smallest absolute Gasteiger partial charge is 0.243 e. The Labute approximate surface area is 226 Å². The number of quaternary nitrogens is 1. The van der Waals surface area contributed by atoms with Crippen molar-refractivity contribution in [2.24, 2.45) is 16.5 Å². The van der Waals surface area contributed by atoms with E-state index >= 15 is 0 Å². The SMILES string of the molecule is CC(C)=CCCC(C)=CCCC(C)=CCCC(C)=CC(=O)NCCC1=C[NH+](CCCN=C(N)N)CN1C. The Kier molecular flexibility index (Phi) is 16.1. The van der Waals surface area contributed by atoms with E-state index in [1.54, 1.807) is 6.08 Å². The molecule has 0 saturated heterocycles. The zero-order chi connectivity index (χ0) is 27.6. The minimum absolute atomic E-state index is 0.00499. The van der Waals surface area contributed by atoms with Gasteiger partial charge in [-0.1, -0.05) is 40.5 Å². The standard InChI is InChI=1S/C30H52N6O/c1-24(2)11-7-12-25(3)13-8-14-26(4)15-9-16-27(5)21-29(37)33-19-17-28-22-36(23-35(28)6)20-10-18-34-30(31)32/h11,13,15,21-22H,7-10,12,14,16-20,23H2,1-6H3,(H,33,37)(H4,31,32,34)/p+1. The van der Waals surface area contributed by atoms with Gasteiger partial charge in [0.05, 0.1) is 12.2 Å². The molecule has 0 aromatic heterocycles. The van der Waals surface area contributed by atoms with E-state index in [1.165, 1.54) is 27.3 Å². The van der Waals surface area contributed by atoms with Crippen molar-refractivity contribution in [2.75, 3.05) is 33.4 Å². The number of nitrogens with one attached hydrogen (secondary N) is 2. The number of carbonyl (C=O) groups excluding carboxylic acids is 1. The van der Waals surface area contributed by atoms with Crippen LogP contribution in [0.3, 0.4) is 0 Å². The molecule has 7 nitrogen and oxygen atoms in total. The Bertz CT molecular complexity index is 886. The molecule has 7 heteroatoms. The maximum absolute atomic E-state index is 12.3. The molecular weight excluding hydrogens is 460 g/mol. The minimum Gasteiger partial charge on any atom is -0.370 e. The van der Waals surface area contributed by atoms with Gasteiger partial charge < -0.3 is 21.7 Å².